The highest BCUT2D eigenvalue weighted by Gasteiger charge is 2.44. The van der Waals surface area contributed by atoms with Crippen molar-refractivity contribution in [3.05, 3.63) is 28.4 Å². The molecule has 2 heterocycles. The minimum absolute atomic E-state index is 0.107. The monoisotopic (exact) mass is 322 g/mol. The number of aromatic amines is 1. The largest absolute Gasteiger partial charge is 0.370 e. The normalized spacial score (nSPS) is 21.7. The molecule has 1 aliphatic carbocycles. The molecule has 3 N–H and O–H groups in total. The minimum Gasteiger partial charge on any atom is -0.370 e. The van der Waals surface area contributed by atoms with E-state index in [1.54, 1.807) is 17.2 Å². The second-order valence-corrected chi connectivity index (χ2v) is 6.60. The first-order valence-corrected chi connectivity index (χ1v) is 8.53. The maximum atomic E-state index is 11.2. The van der Waals surface area contributed by atoms with Crippen molar-refractivity contribution >= 4 is 11.5 Å². The molecule has 0 unspecified atom stereocenters. The van der Waals surface area contributed by atoms with Crippen molar-refractivity contribution in [3.8, 4) is 0 Å². The molecule has 0 radical (unpaired) electrons. The summed E-state index contributed by atoms with van der Waals surface area (Å²) >= 11 is 0. The highest BCUT2D eigenvalue weighted by molar-refractivity contribution is 5.50. The Morgan fingerprint density at radius 1 is 1.30 bits per heavy atom. The summed E-state index contributed by atoms with van der Waals surface area (Å²) in [6.45, 7) is 4.46. The summed E-state index contributed by atoms with van der Waals surface area (Å²) in [6.07, 6.45) is 7.86. The van der Waals surface area contributed by atoms with Gasteiger partial charge in [0.15, 0.2) is 0 Å². The second-order valence-electron chi connectivity index (χ2n) is 6.60. The molecule has 0 aromatic carbocycles. The fourth-order valence-corrected chi connectivity index (χ4v) is 4.01. The van der Waals surface area contributed by atoms with Crippen molar-refractivity contribution in [2.75, 3.05) is 38.2 Å². The number of H-pyrrole nitrogens is 1. The van der Waals surface area contributed by atoms with Crippen molar-refractivity contribution in [1.82, 2.24) is 0 Å². The van der Waals surface area contributed by atoms with Crippen LogP contribution in [-0.2, 0) is 4.74 Å². The molecule has 0 atom stereocenters. The number of rotatable bonds is 5. The third-order valence-electron chi connectivity index (χ3n) is 5.29. The predicted molar refractivity (Wildman–Crippen MR) is 85.5 cm³/mol. The number of aromatic nitrogens is 1. The predicted octanol–water partition coefficient (Wildman–Crippen LogP) is 0.439. The van der Waals surface area contributed by atoms with Crippen LogP contribution in [0.5, 0.6) is 0 Å². The van der Waals surface area contributed by atoms with E-state index >= 15 is 0 Å². The van der Waals surface area contributed by atoms with Crippen molar-refractivity contribution in [3.63, 3.8) is 0 Å². The van der Waals surface area contributed by atoms with Crippen LogP contribution in [0.2, 0.25) is 0 Å². The summed E-state index contributed by atoms with van der Waals surface area (Å²) in [4.78, 5) is 15.4. The second kappa shape index (κ2) is 7.23. The minimum atomic E-state index is -0.339. The highest BCUT2D eigenvalue weighted by atomic mass is 16.6. The maximum absolute atomic E-state index is 11.2. The number of hydrogen-bond donors (Lipinski definition) is 2. The van der Waals surface area contributed by atoms with Gasteiger partial charge in [0.05, 0.1) is 24.3 Å². The SMILES string of the molecule is O=[N+]([O-])c1ccc[nH+]c1NCC1([NH+]2CCOCC2)CCCCC1. The lowest BCUT2D eigenvalue weighted by molar-refractivity contribution is -0.959. The Labute approximate surface area is 136 Å². The molecule has 23 heavy (non-hydrogen) atoms. The first-order chi connectivity index (χ1) is 11.2. The Bertz CT molecular complexity index is 540. The average Bonchev–Trinajstić information content (AvgIpc) is 2.62. The zero-order chi connectivity index (χ0) is 16.1. The van der Waals surface area contributed by atoms with Crippen LogP contribution < -0.4 is 15.2 Å². The van der Waals surface area contributed by atoms with Crippen LogP contribution in [0.25, 0.3) is 0 Å². The van der Waals surface area contributed by atoms with Gasteiger partial charge in [-0.05, 0) is 18.9 Å². The number of nitrogens with one attached hydrogen (secondary N) is 3. The van der Waals surface area contributed by atoms with Crippen LogP contribution in [0, 0.1) is 10.1 Å². The van der Waals surface area contributed by atoms with Crippen molar-refractivity contribution < 1.29 is 19.5 Å². The molecule has 1 aromatic rings. The first kappa shape index (κ1) is 16.1. The van der Waals surface area contributed by atoms with Crippen LogP contribution in [0.4, 0.5) is 11.5 Å². The first-order valence-electron chi connectivity index (χ1n) is 8.53. The molecule has 0 spiro atoms. The smallest absolute Gasteiger partial charge is 0.357 e. The van der Waals surface area contributed by atoms with Gasteiger partial charge in [0, 0.05) is 18.9 Å². The van der Waals surface area contributed by atoms with Gasteiger partial charge in [-0.1, -0.05) is 6.42 Å². The van der Waals surface area contributed by atoms with Crippen LogP contribution in [0.15, 0.2) is 18.3 Å². The highest BCUT2D eigenvalue weighted by Crippen LogP contribution is 2.27. The van der Waals surface area contributed by atoms with E-state index in [2.05, 4.69) is 10.3 Å². The molecule has 2 aliphatic rings. The molecule has 1 saturated heterocycles. The Balaban J connectivity index is 1.75. The standard InChI is InChI=1S/C16H24N4O3/c21-20(22)14-5-4-8-17-15(14)18-13-16(6-2-1-3-7-16)19-9-11-23-12-10-19/h4-5,8H,1-3,6-7,9-13H2,(H,17,18)/p+2. The zero-order valence-electron chi connectivity index (χ0n) is 13.5. The Hall–Kier alpha value is -1.73. The van der Waals surface area contributed by atoms with Crippen molar-refractivity contribution in [2.45, 2.75) is 37.6 Å². The third-order valence-corrected chi connectivity index (χ3v) is 5.29. The van der Waals surface area contributed by atoms with Gasteiger partial charge < -0.3 is 9.64 Å². The lowest BCUT2D eigenvalue weighted by atomic mass is 9.79. The summed E-state index contributed by atoms with van der Waals surface area (Å²) in [7, 11) is 0. The Morgan fingerprint density at radius 3 is 2.74 bits per heavy atom. The Morgan fingerprint density at radius 2 is 2.04 bits per heavy atom. The molecular formula is C16H26N4O3+2. The van der Waals surface area contributed by atoms with E-state index in [1.165, 1.54) is 38.2 Å². The fourth-order valence-electron chi connectivity index (χ4n) is 4.01. The molecule has 1 saturated carbocycles. The number of ether oxygens (including phenoxy) is 1. The molecule has 1 aromatic heterocycles. The van der Waals surface area contributed by atoms with Crippen molar-refractivity contribution in [2.24, 2.45) is 0 Å². The molecule has 0 bridgehead atoms. The summed E-state index contributed by atoms with van der Waals surface area (Å²) in [5.41, 5.74) is 0.273. The lowest BCUT2D eigenvalue weighted by Crippen LogP contribution is -3.22. The Kier molecular flexibility index (Phi) is 5.07. The number of quaternary nitrogens is 1. The van der Waals surface area contributed by atoms with Crippen LogP contribution in [0.1, 0.15) is 32.1 Å². The molecular weight excluding hydrogens is 296 g/mol. The quantitative estimate of drug-likeness (QED) is 0.609. The topological polar surface area (TPSA) is 83.0 Å². The average molecular weight is 322 g/mol. The van der Waals surface area contributed by atoms with Gasteiger partial charge in [0.25, 0.3) is 0 Å². The van der Waals surface area contributed by atoms with Gasteiger partial charge in [-0.25, -0.2) is 4.98 Å². The number of nitro groups is 1. The summed E-state index contributed by atoms with van der Waals surface area (Å²) in [6, 6.07) is 3.20. The lowest BCUT2D eigenvalue weighted by Gasteiger charge is -2.43. The molecule has 1 aliphatic heterocycles. The number of nitrogens with zero attached hydrogens (tertiary/aromatic N) is 1. The van der Waals surface area contributed by atoms with Gasteiger partial charge in [0.2, 0.25) is 0 Å². The zero-order valence-corrected chi connectivity index (χ0v) is 13.5. The van der Waals surface area contributed by atoms with E-state index in [0.29, 0.717) is 5.82 Å². The number of hydrogen-bond acceptors (Lipinski definition) is 4. The molecule has 126 valence electrons. The number of pyridine rings is 1. The van der Waals surface area contributed by atoms with Crippen LogP contribution in [-0.4, -0.2) is 43.3 Å². The molecule has 7 heteroatoms. The van der Waals surface area contributed by atoms with E-state index < -0.39 is 0 Å². The van der Waals surface area contributed by atoms with Gasteiger partial charge in [-0.3, -0.25) is 15.4 Å². The van der Waals surface area contributed by atoms with Gasteiger partial charge in [0.1, 0.15) is 25.2 Å². The van der Waals surface area contributed by atoms with Gasteiger partial charge in [-0.15, -0.1) is 0 Å². The number of anilines is 1. The molecule has 3 rings (SSSR count). The van der Waals surface area contributed by atoms with E-state index in [9.17, 15) is 10.1 Å². The van der Waals surface area contributed by atoms with Gasteiger partial charge >= 0.3 is 11.5 Å². The molecule has 2 fully saturated rings. The van der Waals surface area contributed by atoms with E-state index in [0.717, 1.165) is 32.8 Å². The summed E-state index contributed by atoms with van der Waals surface area (Å²) in [5.74, 6) is 0.509. The van der Waals surface area contributed by atoms with Crippen LogP contribution >= 0.6 is 0 Å². The van der Waals surface area contributed by atoms with Crippen molar-refractivity contribution in [1.29, 1.82) is 0 Å². The van der Waals surface area contributed by atoms with Gasteiger partial charge in [-0.2, -0.15) is 0 Å². The fraction of sp³-hybridized carbons (Fsp3) is 0.688. The summed E-state index contributed by atoms with van der Waals surface area (Å²) in [5, 5.41) is 14.5. The summed E-state index contributed by atoms with van der Waals surface area (Å²) < 4.78 is 5.51. The molecule has 7 nitrogen and oxygen atoms in total. The van der Waals surface area contributed by atoms with Crippen LogP contribution in [0.3, 0.4) is 0 Å². The molecule has 0 amide bonds. The number of morpholine rings is 1. The van der Waals surface area contributed by atoms with E-state index in [-0.39, 0.29) is 16.1 Å². The van der Waals surface area contributed by atoms with E-state index in [4.69, 9.17) is 4.74 Å². The maximum Gasteiger partial charge on any atom is 0.357 e. The van der Waals surface area contributed by atoms with E-state index in [1.807, 2.05) is 0 Å². The third kappa shape index (κ3) is 3.61.